The third kappa shape index (κ3) is 5.57. The van der Waals surface area contributed by atoms with E-state index in [9.17, 15) is 4.79 Å². The summed E-state index contributed by atoms with van der Waals surface area (Å²) in [6.07, 6.45) is 0.953. The summed E-state index contributed by atoms with van der Waals surface area (Å²) in [5.74, 6) is 1.61. The lowest BCUT2D eigenvalue weighted by atomic mass is 10.2. The number of para-hydroxylation sites is 2. The van der Waals surface area contributed by atoms with E-state index >= 15 is 0 Å². The minimum atomic E-state index is -0.0318. The first-order valence-electron chi connectivity index (χ1n) is 9.86. The number of likely N-dealkylation sites (N-methyl/N-ethyl adjacent to an activating group) is 1. The van der Waals surface area contributed by atoms with Crippen molar-refractivity contribution < 1.29 is 9.53 Å². The summed E-state index contributed by atoms with van der Waals surface area (Å²) in [7, 11) is 0. The van der Waals surface area contributed by atoms with Crippen LogP contribution in [-0.4, -0.2) is 47.0 Å². The Labute approximate surface area is 165 Å². The molecule has 2 N–H and O–H groups in total. The summed E-state index contributed by atoms with van der Waals surface area (Å²) in [5.41, 5.74) is 2.69. The van der Waals surface area contributed by atoms with Crippen LogP contribution >= 0.6 is 0 Å². The SMILES string of the molecule is CCN(CC)CCOc1ccc(NC(=O)CCc2nc3ccccc3[nH]2)cc1. The minimum absolute atomic E-state index is 0.0318. The van der Waals surface area contributed by atoms with Crippen molar-refractivity contribution in [3.63, 3.8) is 0 Å². The molecule has 0 aliphatic heterocycles. The van der Waals surface area contributed by atoms with Gasteiger partial charge in [-0.05, 0) is 49.5 Å². The number of rotatable bonds is 10. The van der Waals surface area contributed by atoms with Crippen LogP contribution < -0.4 is 10.1 Å². The molecule has 0 saturated heterocycles. The minimum Gasteiger partial charge on any atom is -0.492 e. The van der Waals surface area contributed by atoms with Crippen molar-refractivity contribution in [3.8, 4) is 5.75 Å². The lowest BCUT2D eigenvalue weighted by molar-refractivity contribution is -0.116. The number of amides is 1. The number of imidazole rings is 1. The van der Waals surface area contributed by atoms with Gasteiger partial charge in [0.05, 0.1) is 11.0 Å². The van der Waals surface area contributed by atoms with Crippen molar-refractivity contribution in [1.29, 1.82) is 0 Å². The number of carbonyl (C=O) groups excluding carboxylic acids is 1. The maximum atomic E-state index is 12.2. The maximum absolute atomic E-state index is 12.2. The number of carbonyl (C=O) groups is 1. The number of aryl methyl sites for hydroxylation is 1. The van der Waals surface area contributed by atoms with E-state index in [2.05, 4.69) is 34.0 Å². The van der Waals surface area contributed by atoms with Gasteiger partial charge in [0.1, 0.15) is 18.2 Å². The van der Waals surface area contributed by atoms with Crippen LogP contribution in [0.5, 0.6) is 5.75 Å². The first-order valence-corrected chi connectivity index (χ1v) is 9.86. The van der Waals surface area contributed by atoms with Gasteiger partial charge in [0.15, 0.2) is 0 Å². The molecule has 28 heavy (non-hydrogen) atoms. The third-order valence-electron chi connectivity index (χ3n) is 4.74. The average Bonchev–Trinajstić information content (AvgIpc) is 3.14. The number of hydrogen-bond acceptors (Lipinski definition) is 4. The molecule has 0 atom stereocenters. The summed E-state index contributed by atoms with van der Waals surface area (Å²) in [5, 5.41) is 2.92. The zero-order valence-corrected chi connectivity index (χ0v) is 16.6. The molecule has 3 aromatic rings. The number of ether oxygens (including phenoxy) is 1. The number of H-pyrrole nitrogens is 1. The van der Waals surface area contributed by atoms with Crippen LogP contribution in [0.25, 0.3) is 11.0 Å². The Hall–Kier alpha value is -2.86. The van der Waals surface area contributed by atoms with Gasteiger partial charge in [-0.1, -0.05) is 26.0 Å². The highest BCUT2D eigenvalue weighted by atomic mass is 16.5. The van der Waals surface area contributed by atoms with Gasteiger partial charge in [0, 0.05) is 25.1 Å². The van der Waals surface area contributed by atoms with Crippen LogP contribution in [0.2, 0.25) is 0 Å². The second-order valence-corrected chi connectivity index (χ2v) is 6.65. The monoisotopic (exact) mass is 380 g/mol. The van der Waals surface area contributed by atoms with Crippen molar-refractivity contribution in [3.05, 3.63) is 54.4 Å². The number of anilines is 1. The Bertz CT molecular complexity index is 852. The zero-order chi connectivity index (χ0) is 19.8. The molecule has 0 unspecified atom stereocenters. The largest absolute Gasteiger partial charge is 0.492 e. The fourth-order valence-electron chi connectivity index (χ4n) is 3.05. The molecule has 0 bridgehead atoms. The Morgan fingerprint density at radius 2 is 1.86 bits per heavy atom. The zero-order valence-electron chi connectivity index (χ0n) is 16.6. The van der Waals surface area contributed by atoms with E-state index in [0.29, 0.717) is 19.4 Å². The maximum Gasteiger partial charge on any atom is 0.224 e. The predicted molar refractivity (Wildman–Crippen MR) is 113 cm³/mol. The summed E-state index contributed by atoms with van der Waals surface area (Å²) in [6.45, 7) is 7.92. The summed E-state index contributed by atoms with van der Waals surface area (Å²) < 4.78 is 5.77. The Morgan fingerprint density at radius 1 is 1.11 bits per heavy atom. The Kier molecular flexibility index (Phi) is 7.03. The van der Waals surface area contributed by atoms with Gasteiger partial charge in [0.25, 0.3) is 0 Å². The highest BCUT2D eigenvalue weighted by Gasteiger charge is 2.07. The number of aromatic nitrogens is 2. The number of fused-ring (bicyclic) bond motifs is 1. The summed E-state index contributed by atoms with van der Waals surface area (Å²) >= 11 is 0. The second kappa shape index (κ2) is 9.90. The van der Waals surface area contributed by atoms with Crippen molar-refractivity contribution >= 4 is 22.6 Å². The fourth-order valence-corrected chi connectivity index (χ4v) is 3.05. The standard InChI is InChI=1S/C22H28N4O2/c1-3-26(4-2)15-16-28-18-11-9-17(10-12-18)23-22(27)14-13-21-24-19-7-5-6-8-20(19)25-21/h5-12H,3-4,13-16H2,1-2H3,(H,23,27)(H,24,25). The lowest BCUT2D eigenvalue weighted by Crippen LogP contribution is -2.27. The Balaban J connectivity index is 1.43. The molecule has 0 spiro atoms. The number of hydrogen-bond donors (Lipinski definition) is 2. The number of nitrogens with one attached hydrogen (secondary N) is 2. The number of aromatic amines is 1. The first kappa shape index (κ1) is 19.9. The number of nitrogens with zero attached hydrogens (tertiary/aromatic N) is 2. The molecule has 2 aromatic carbocycles. The van der Waals surface area contributed by atoms with Crippen molar-refractivity contribution in [1.82, 2.24) is 14.9 Å². The molecular weight excluding hydrogens is 352 g/mol. The molecule has 0 fully saturated rings. The normalized spacial score (nSPS) is 11.1. The van der Waals surface area contributed by atoms with E-state index in [1.54, 1.807) is 0 Å². The molecular formula is C22H28N4O2. The van der Waals surface area contributed by atoms with E-state index in [1.165, 1.54) is 0 Å². The van der Waals surface area contributed by atoms with Crippen LogP contribution in [0.3, 0.4) is 0 Å². The van der Waals surface area contributed by atoms with Crippen LogP contribution in [0, 0.1) is 0 Å². The Morgan fingerprint density at radius 3 is 2.57 bits per heavy atom. The topological polar surface area (TPSA) is 70.2 Å². The predicted octanol–water partition coefficient (Wildman–Crippen LogP) is 3.85. The van der Waals surface area contributed by atoms with E-state index in [4.69, 9.17) is 4.74 Å². The molecule has 0 saturated carbocycles. The summed E-state index contributed by atoms with van der Waals surface area (Å²) in [6, 6.07) is 15.4. The van der Waals surface area contributed by atoms with E-state index in [1.807, 2.05) is 48.5 Å². The molecule has 1 aromatic heterocycles. The van der Waals surface area contributed by atoms with Gasteiger partial charge in [-0.2, -0.15) is 0 Å². The second-order valence-electron chi connectivity index (χ2n) is 6.65. The van der Waals surface area contributed by atoms with Crippen molar-refractivity contribution in [2.24, 2.45) is 0 Å². The molecule has 1 amide bonds. The quantitative estimate of drug-likeness (QED) is 0.560. The average molecular weight is 380 g/mol. The molecule has 3 rings (SSSR count). The fraction of sp³-hybridized carbons (Fsp3) is 0.364. The number of benzene rings is 2. The van der Waals surface area contributed by atoms with E-state index in [-0.39, 0.29) is 5.91 Å². The molecule has 1 heterocycles. The molecule has 6 heteroatoms. The third-order valence-corrected chi connectivity index (χ3v) is 4.74. The molecule has 6 nitrogen and oxygen atoms in total. The lowest BCUT2D eigenvalue weighted by Gasteiger charge is -2.18. The molecule has 0 aliphatic carbocycles. The van der Waals surface area contributed by atoms with Gasteiger partial charge in [-0.3, -0.25) is 4.79 Å². The molecule has 0 radical (unpaired) electrons. The van der Waals surface area contributed by atoms with E-state index in [0.717, 1.165) is 47.9 Å². The van der Waals surface area contributed by atoms with Crippen molar-refractivity contribution in [2.45, 2.75) is 26.7 Å². The van der Waals surface area contributed by atoms with Crippen molar-refractivity contribution in [2.75, 3.05) is 31.6 Å². The van der Waals surface area contributed by atoms with E-state index < -0.39 is 0 Å². The smallest absolute Gasteiger partial charge is 0.224 e. The van der Waals surface area contributed by atoms with Crippen LogP contribution in [0.15, 0.2) is 48.5 Å². The molecule has 148 valence electrons. The van der Waals surface area contributed by atoms with Gasteiger partial charge in [-0.15, -0.1) is 0 Å². The van der Waals surface area contributed by atoms with Crippen LogP contribution in [0.1, 0.15) is 26.1 Å². The summed E-state index contributed by atoms with van der Waals surface area (Å²) in [4.78, 5) is 22.3. The van der Waals surface area contributed by atoms with Gasteiger partial charge < -0.3 is 19.9 Å². The highest BCUT2D eigenvalue weighted by Crippen LogP contribution is 2.16. The van der Waals surface area contributed by atoms with Crippen LogP contribution in [-0.2, 0) is 11.2 Å². The first-order chi connectivity index (χ1) is 13.7. The van der Waals surface area contributed by atoms with Gasteiger partial charge >= 0.3 is 0 Å². The van der Waals surface area contributed by atoms with Gasteiger partial charge in [-0.25, -0.2) is 4.98 Å². The van der Waals surface area contributed by atoms with Crippen LogP contribution in [0.4, 0.5) is 5.69 Å². The molecule has 0 aliphatic rings. The highest BCUT2D eigenvalue weighted by molar-refractivity contribution is 5.90. The van der Waals surface area contributed by atoms with Gasteiger partial charge in [0.2, 0.25) is 5.91 Å².